The Labute approximate surface area is 182 Å². The molecule has 5 rings (SSSR count). The molecule has 0 radical (unpaired) electrons. The van der Waals surface area contributed by atoms with Crippen LogP contribution in [0.1, 0.15) is 29.1 Å². The number of nitrogens with zero attached hydrogens (tertiary/aromatic N) is 4. The molecule has 5 nitrogen and oxygen atoms in total. The van der Waals surface area contributed by atoms with Crippen molar-refractivity contribution in [2.24, 2.45) is 0 Å². The second-order valence-corrected chi connectivity index (χ2v) is 10.2. The van der Waals surface area contributed by atoms with Crippen LogP contribution in [-0.2, 0) is 18.6 Å². The van der Waals surface area contributed by atoms with Gasteiger partial charge in [0.1, 0.15) is 22.1 Å². The highest BCUT2D eigenvalue weighted by atomic mass is 35.5. The molecule has 1 N–H and O–H groups in total. The predicted octanol–water partition coefficient (Wildman–Crippen LogP) is 4.59. The van der Waals surface area contributed by atoms with Crippen molar-refractivity contribution in [1.82, 2.24) is 9.97 Å². The van der Waals surface area contributed by atoms with Gasteiger partial charge in [0.2, 0.25) is 0 Å². The van der Waals surface area contributed by atoms with Crippen LogP contribution < -0.4 is 4.90 Å². The molecule has 0 saturated carbocycles. The Morgan fingerprint density at radius 2 is 2.03 bits per heavy atom. The maximum atomic E-state index is 10.5. The van der Waals surface area contributed by atoms with E-state index in [9.17, 15) is 5.11 Å². The lowest BCUT2D eigenvalue weighted by Gasteiger charge is -2.46. The maximum absolute atomic E-state index is 10.5. The third kappa shape index (κ3) is 3.59. The van der Waals surface area contributed by atoms with Crippen LogP contribution in [0.2, 0.25) is 5.02 Å². The van der Waals surface area contributed by atoms with Crippen LogP contribution in [0.25, 0.3) is 10.2 Å². The first-order valence-electron chi connectivity index (χ1n) is 9.58. The van der Waals surface area contributed by atoms with Gasteiger partial charge in [0, 0.05) is 14.8 Å². The van der Waals surface area contributed by atoms with Gasteiger partial charge in [0.15, 0.2) is 0 Å². The van der Waals surface area contributed by atoms with Crippen molar-refractivity contribution in [3.63, 3.8) is 0 Å². The Bertz CT molecular complexity index is 1120. The second kappa shape index (κ2) is 7.44. The largest absolute Gasteiger partial charge is 0.385 e. The lowest BCUT2D eigenvalue weighted by atomic mass is 9.91. The first kappa shape index (κ1) is 19.1. The molecule has 0 atom stereocenters. The van der Waals surface area contributed by atoms with E-state index in [1.54, 1.807) is 23.1 Å². The summed E-state index contributed by atoms with van der Waals surface area (Å²) < 4.78 is 0. The monoisotopic (exact) mass is 442 g/mol. The molecule has 2 aliphatic rings. The summed E-state index contributed by atoms with van der Waals surface area (Å²) in [6, 6.07) is 9.87. The number of thiophene rings is 1. The molecule has 3 aromatic rings. The molecule has 0 amide bonds. The number of hydrogen-bond acceptors (Lipinski definition) is 7. The third-order valence-electron chi connectivity index (χ3n) is 5.45. The second-order valence-electron chi connectivity index (χ2n) is 7.66. The maximum Gasteiger partial charge on any atom is 0.142 e. The van der Waals surface area contributed by atoms with Gasteiger partial charge in [0.25, 0.3) is 0 Å². The van der Waals surface area contributed by atoms with E-state index in [-0.39, 0.29) is 6.42 Å². The highest BCUT2D eigenvalue weighted by molar-refractivity contribution is 7.98. The van der Waals surface area contributed by atoms with E-state index in [1.807, 2.05) is 24.3 Å². The number of aryl methyl sites for hydroxylation is 2. The molecule has 2 aromatic heterocycles. The minimum Gasteiger partial charge on any atom is -0.385 e. The molecular weight excluding hydrogens is 424 g/mol. The van der Waals surface area contributed by atoms with Gasteiger partial charge in [-0.15, -0.1) is 23.1 Å². The SMILES string of the molecule is N#CCC1(O)CN(c2nc(CSc3ccc(Cl)cc3)nc3sc4c(c23)CCC4)C1. The number of β-amino-alcohol motifs (C(OH)–C–C–N with tert-alkyl or cyclic N) is 1. The third-order valence-corrected chi connectivity index (χ3v) is 7.90. The lowest BCUT2D eigenvalue weighted by Crippen LogP contribution is -2.62. The molecule has 1 aliphatic heterocycles. The molecule has 1 aromatic carbocycles. The summed E-state index contributed by atoms with van der Waals surface area (Å²) in [4.78, 5) is 15.5. The Kier molecular flexibility index (Phi) is 4.91. The van der Waals surface area contributed by atoms with Crippen LogP contribution in [0.15, 0.2) is 29.2 Å². The summed E-state index contributed by atoms with van der Waals surface area (Å²) in [6.07, 6.45) is 3.52. The van der Waals surface area contributed by atoms with Crippen LogP contribution in [-0.4, -0.2) is 33.8 Å². The van der Waals surface area contributed by atoms with Gasteiger partial charge in [-0.25, -0.2) is 9.97 Å². The van der Waals surface area contributed by atoms with Crippen LogP contribution in [0.5, 0.6) is 0 Å². The van der Waals surface area contributed by atoms with Gasteiger partial charge in [-0.05, 0) is 49.1 Å². The molecule has 0 unspecified atom stereocenters. The molecule has 0 spiro atoms. The van der Waals surface area contributed by atoms with E-state index in [0.717, 1.165) is 44.6 Å². The Morgan fingerprint density at radius 1 is 1.24 bits per heavy atom. The summed E-state index contributed by atoms with van der Waals surface area (Å²) in [5.74, 6) is 2.38. The highest BCUT2D eigenvalue weighted by Crippen LogP contribution is 2.43. The van der Waals surface area contributed by atoms with E-state index < -0.39 is 5.60 Å². The molecule has 0 bridgehead atoms. The molecule has 3 heterocycles. The number of fused-ring (bicyclic) bond motifs is 3. The quantitative estimate of drug-likeness (QED) is 0.582. The van der Waals surface area contributed by atoms with Gasteiger partial charge in [-0.3, -0.25) is 0 Å². The fourth-order valence-electron chi connectivity index (χ4n) is 4.06. The summed E-state index contributed by atoms with van der Waals surface area (Å²) in [7, 11) is 0. The van der Waals surface area contributed by atoms with Crippen molar-refractivity contribution >= 4 is 50.7 Å². The van der Waals surface area contributed by atoms with Crippen molar-refractivity contribution in [3.8, 4) is 6.07 Å². The number of aliphatic hydroxyl groups is 1. The number of benzene rings is 1. The topological polar surface area (TPSA) is 73.0 Å². The zero-order valence-corrected chi connectivity index (χ0v) is 18.1. The van der Waals surface area contributed by atoms with Crippen LogP contribution in [0.4, 0.5) is 5.82 Å². The van der Waals surface area contributed by atoms with E-state index in [2.05, 4.69) is 11.0 Å². The number of nitriles is 1. The molecular formula is C21H19ClN4OS2. The number of rotatable bonds is 5. The lowest BCUT2D eigenvalue weighted by molar-refractivity contribution is 0.0163. The van der Waals surface area contributed by atoms with Gasteiger partial charge in [0.05, 0.1) is 36.7 Å². The van der Waals surface area contributed by atoms with Crippen molar-refractivity contribution in [2.45, 2.75) is 41.9 Å². The highest BCUT2D eigenvalue weighted by Gasteiger charge is 2.43. The molecule has 1 aliphatic carbocycles. The normalized spacial score (nSPS) is 17.2. The van der Waals surface area contributed by atoms with Crippen LogP contribution in [0.3, 0.4) is 0 Å². The number of hydrogen-bond donors (Lipinski definition) is 1. The van der Waals surface area contributed by atoms with Crippen molar-refractivity contribution < 1.29 is 5.11 Å². The van der Waals surface area contributed by atoms with E-state index in [4.69, 9.17) is 26.8 Å². The van der Waals surface area contributed by atoms with E-state index in [1.165, 1.54) is 16.9 Å². The minimum absolute atomic E-state index is 0.152. The number of thioether (sulfide) groups is 1. The standard InChI is InChI=1S/C21H19ClN4OS2/c22-13-4-6-14(7-5-13)28-10-17-24-19(26-11-21(27,12-26)8-9-23)18-15-2-1-3-16(15)29-20(18)25-17/h4-7,27H,1-3,8,10-12H2. The van der Waals surface area contributed by atoms with Crippen LogP contribution >= 0.6 is 34.7 Å². The predicted molar refractivity (Wildman–Crippen MR) is 118 cm³/mol. The number of aromatic nitrogens is 2. The fourth-order valence-corrected chi connectivity index (χ4v) is 6.22. The average Bonchev–Trinajstić information content (AvgIpc) is 3.26. The van der Waals surface area contributed by atoms with Gasteiger partial charge in [-0.1, -0.05) is 11.6 Å². The molecule has 1 fully saturated rings. The molecule has 148 valence electrons. The molecule has 29 heavy (non-hydrogen) atoms. The fraction of sp³-hybridized carbons (Fsp3) is 0.381. The minimum atomic E-state index is -0.927. The van der Waals surface area contributed by atoms with Gasteiger partial charge < -0.3 is 10.0 Å². The first-order chi connectivity index (χ1) is 14.0. The smallest absolute Gasteiger partial charge is 0.142 e. The summed E-state index contributed by atoms with van der Waals surface area (Å²) in [5.41, 5.74) is 0.455. The van der Waals surface area contributed by atoms with Gasteiger partial charge in [-0.2, -0.15) is 5.26 Å². The zero-order chi connectivity index (χ0) is 20.0. The zero-order valence-electron chi connectivity index (χ0n) is 15.7. The summed E-state index contributed by atoms with van der Waals surface area (Å²) in [5, 5.41) is 21.3. The Morgan fingerprint density at radius 3 is 2.79 bits per heavy atom. The number of halogens is 1. The van der Waals surface area contributed by atoms with Crippen molar-refractivity contribution in [1.29, 1.82) is 5.26 Å². The van der Waals surface area contributed by atoms with Crippen molar-refractivity contribution in [3.05, 3.63) is 45.6 Å². The molecule has 1 saturated heterocycles. The first-order valence-corrected chi connectivity index (χ1v) is 11.8. The average molecular weight is 443 g/mol. The van der Waals surface area contributed by atoms with E-state index in [0.29, 0.717) is 18.8 Å². The van der Waals surface area contributed by atoms with Crippen molar-refractivity contribution in [2.75, 3.05) is 18.0 Å². The summed E-state index contributed by atoms with van der Waals surface area (Å²) in [6.45, 7) is 0.891. The summed E-state index contributed by atoms with van der Waals surface area (Å²) >= 11 is 9.44. The van der Waals surface area contributed by atoms with Crippen LogP contribution in [0, 0.1) is 11.3 Å². The Balaban J connectivity index is 1.47. The Hall–Kier alpha value is -1.85. The number of anilines is 1. The molecule has 8 heteroatoms. The van der Waals surface area contributed by atoms with E-state index >= 15 is 0 Å². The van der Waals surface area contributed by atoms with Gasteiger partial charge >= 0.3 is 0 Å².